The smallest absolute Gasteiger partial charge is 0.269 e. The molecule has 3 aromatic rings. The largest absolute Gasteiger partial charge is 0.504 e. The molecule has 3 aromatic carbocycles. The summed E-state index contributed by atoms with van der Waals surface area (Å²) in [4.78, 5) is 10.2. The highest BCUT2D eigenvalue weighted by atomic mass is 32.2. The van der Waals surface area contributed by atoms with Crippen molar-refractivity contribution < 1.29 is 32.3 Å². The first kappa shape index (κ1) is 29.5. The molecule has 0 atom stereocenters. The van der Waals surface area contributed by atoms with Crippen LogP contribution in [0, 0.1) is 10.1 Å². The van der Waals surface area contributed by atoms with Crippen LogP contribution in [-0.4, -0.2) is 47.3 Å². The Labute approximate surface area is 228 Å². The lowest BCUT2D eigenvalue weighted by molar-refractivity contribution is -0.384. The Bertz CT molecular complexity index is 1430. The summed E-state index contributed by atoms with van der Waals surface area (Å²) >= 11 is 0. The quantitative estimate of drug-likeness (QED) is 0.173. The highest BCUT2D eigenvalue weighted by molar-refractivity contribution is 7.89. The van der Waals surface area contributed by atoms with E-state index in [9.17, 15) is 18.5 Å². The van der Waals surface area contributed by atoms with Crippen LogP contribution < -0.4 is 18.9 Å². The van der Waals surface area contributed by atoms with Crippen molar-refractivity contribution >= 4 is 21.8 Å². The van der Waals surface area contributed by atoms with Crippen LogP contribution >= 0.6 is 0 Å². The van der Waals surface area contributed by atoms with Crippen LogP contribution in [0.5, 0.6) is 17.2 Å². The number of methoxy groups -OCH3 is 3. The third-order valence-corrected chi connectivity index (χ3v) is 7.15. The van der Waals surface area contributed by atoms with Gasteiger partial charge in [0.05, 0.1) is 43.5 Å². The van der Waals surface area contributed by atoms with Gasteiger partial charge in [0.2, 0.25) is 10.0 Å². The molecule has 3 rings (SSSR count). The second-order valence-corrected chi connectivity index (χ2v) is 10.5. The molecule has 1 N–H and O–H groups in total. The minimum atomic E-state index is -3.86. The number of nitrogens with zero attached hydrogens (tertiary/aromatic N) is 1. The van der Waals surface area contributed by atoms with E-state index in [2.05, 4.69) is 4.72 Å². The van der Waals surface area contributed by atoms with Crippen LogP contribution in [0.1, 0.15) is 25.0 Å². The zero-order valence-electron chi connectivity index (χ0n) is 22.5. The summed E-state index contributed by atoms with van der Waals surface area (Å²) in [5.41, 5.74) is 3.03. The zero-order valence-corrected chi connectivity index (χ0v) is 23.3. The van der Waals surface area contributed by atoms with E-state index < -0.39 is 14.9 Å². The van der Waals surface area contributed by atoms with Gasteiger partial charge in [-0.2, -0.15) is 0 Å². The number of nitro groups is 1. The fraction of sp³-hybridized carbons (Fsp3) is 0.286. The van der Waals surface area contributed by atoms with Crippen LogP contribution in [0.25, 0.3) is 17.2 Å². The molecular formula is C28H32N2O8S. The molecule has 0 saturated carbocycles. The molecule has 11 heteroatoms. The van der Waals surface area contributed by atoms with Crippen molar-refractivity contribution in [3.05, 3.63) is 82.1 Å². The Kier molecular flexibility index (Phi) is 9.91. The van der Waals surface area contributed by atoms with Crippen molar-refractivity contribution in [3.63, 3.8) is 0 Å². The SMILES string of the molecule is CO/C=C/c1cc(OC(C)C)ccc1-c1cc(CCNS(=O)(=O)c2ccc([N+](=O)[O-])cc2)cc(OC)c1OC. The number of hydrogen-bond acceptors (Lipinski definition) is 8. The topological polar surface area (TPSA) is 126 Å². The molecule has 0 heterocycles. The third-order valence-electron chi connectivity index (χ3n) is 5.67. The normalized spacial score (nSPS) is 11.5. The van der Waals surface area contributed by atoms with Crippen LogP contribution in [0.4, 0.5) is 5.69 Å². The maximum atomic E-state index is 12.7. The van der Waals surface area contributed by atoms with Crippen molar-refractivity contribution in [1.82, 2.24) is 4.72 Å². The Morgan fingerprint density at radius 1 is 0.974 bits per heavy atom. The fourth-order valence-corrected chi connectivity index (χ4v) is 4.97. The van der Waals surface area contributed by atoms with Gasteiger partial charge in [-0.3, -0.25) is 10.1 Å². The second kappa shape index (κ2) is 13.1. The number of sulfonamides is 1. The lowest BCUT2D eigenvalue weighted by Gasteiger charge is -2.18. The van der Waals surface area contributed by atoms with E-state index >= 15 is 0 Å². The minimum absolute atomic E-state index is 0.00263. The van der Waals surface area contributed by atoms with Gasteiger partial charge in [0.25, 0.3) is 5.69 Å². The van der Waals surface area contributed by atoms with Crippen molar-refractivity contribution in [2.45, 2.75) is 31.3 Å². The summed E-state index contributed by atoms with van der Waals surface area (Å²) in [5, 5.41) is 10.9. The molecule has 0 unspecified atom stereocenters. The summed E-state index contributed by atoms with van der Waals surface area (Å²) in [5.74, 6) is 1.72. The molecule has 0 aliphatic heterocycles. The second-order valence-electron chi connectivity index (χ2n) is 8.73. The molecule has 208 valence electrons. The lowest BCUT2D eigenvalue weighted by Crippen LogP contribution is -2.26. The highest BCUT2D eigenvalue weighted by Crippen LogP contribution is 2.42. The standard InChI is InChI=1S/C28H32N2O8S/c1-19(2)38-23-8-11-25(21(18-23)13-15-35-3)26-16-20(17-27(36-4)28(26)37-5)12-14-29-39(33,34)24-9-6-22(7-10-24)30(31)32/h6-11,13,15-19,29H,12,14H2,1-5H3/b15-13+. The predicted octanol–water partition coefficient (Wildman–Crippen LogP) is 5.20. The maximum Gasteiger partial charge on any atom is 0.269 e. The Balaban J connectivity index is 1.93. The number of ether oxygens (including phenoxy) is 4. The van der Waals surface area contributed by atoms with E-state index in [1.807, 2.05) is 44.2 Å². The van der Waals surface area contributed by atoms with Gasteiger partial charge < -0.3 is 18.9 Å². The van der Waals surface area contributed by atoms with E-state index in [1.165, 1.54) is 19.2 Å². The molecule has 0 radical (unpaired) electrons. The molecular weight excluding hydrogens is 524 g/mol. The summed E-state index contributed by atoms with van der Waals surface area (Å²) in [6.07, 6.45) is 3.73. The molecule has 0 aliphatic carbocycles. The van der Waals surface area contributed by atoms with Gasteiger partial charge >= 0.3 is 0 Å². The number of rotatable bonds is 13. The summed E-state index contributed by atoms with van der Waals surface area (Å²) in [6.45, 7) is 3.99. The van der Waals surface area contributed by atoms with E-state index in [1.54, 1.807) is 26.5 Å². The van der Waals surface area contributed by atoms with Crippen LogP contribution in [0.3, 0.4) is 0 Å². The number of nitro benzene ring substituents is 1. The monoisotopic (exact) mass is 556 g/mol. The average Bonchev–Trinajstić information content (AvgIpc) is 2.91. The molecule has 0 spiro atoms. The van der Waals surface area contributed by atoms with Crippen LogP contribution in [0.15, 0.2) is 65.8 Å². The van der Waals surface area contributed by atoms with Gasteiger partial charge in [0.1, 0.15) is 5.75 Å². The van der Waals surface area contributed by atoms with E-state index in [0.29, 0.717) is 23.7 Å². The number of hydrogen-bond donors (Lipinski definition) is 1. The Morgan fingerprint density at radius 3 is 2.28 bits per heavy atom. The van der Waals surface area contributed by atoms with Crippen molar-refractivity contribution in [3.8, 4) is 28.4 Å². The molecule has 0 saturated heterocycles. The number of non-ortho nitro benzene ring substituents is 1. The molecule has 10 nitrogen and oxygen atoms in total. The first-order valence-electron chi connectivity index (χ1n) is 12.1. The van der Waals surface area contributed by atoms with Crippen molar-refractivity contribution in [1.29, 1.82) is 0 Å². The van der Waals surface area contributed by atoms with Gasteiger partial charge in [-0.1, -0.05) is 0 Å². The molecule has 0 amide bonds. The van der Waals surface area contributed by atoms with Gasteiger partial charge in [-0.15, -0.1) is 0 Å². The third kappa shape index (κ3) is 7.49. The predicted molar refractivity (Wildman–Crippen MR) is 149 cm³/mol. The fourth-order valence-electron chi connectivity index (χ4n) is 3.94. The van der Waals surface area contributed by atoms with Crippen molar-refractivity contribution in [2.24, 2.45) is 0 Å². The first-order chi connectivity index (χ1) is 18.6. The van der Waals surface area contributed by atoms with Gasteiger partial charge in [-0.05, 0) is 85.5 Å². The summed E-state index contributed by atoms with van der Waals surface area (Å²) in [7, 11) is 0.793. The van der Waals surface area contributed by atoms with Crippen LogP contribution in [0.2, 0.25) is 0 Å². The van der Waals surface area contributed by atoms with Gasteiger partial charge in [0.15, 0.2) is 11.5 Å². The molecule has 0 bridgehead atoms. The molecule has 0 fully saturated rings. The molecule has 0 aliphatic rings. The van der Waals surface area contributed by atoms with E-state index in [-0.39, 0.29) is 23.2 Å². The number of nitrogens with one attached hydrogen (secondary N) is 1. The van der Waals surface area contributed by atoms with Gasteiger partial charge in [-0.25, -0.2) is 13.1 Å². The summed E-state index contributed by atoms with van der Waals surface area (Å²) in [6, 6.07) is 14.1. The average molecular weight is 557 g/mol. The Hall–Kier alpha value is -4.09. The number of benzene rings is 3. The van der Waals surface area contributed by atoms with Crippen molar-refractivity contribution in [2.75, 3.05) is 27.9 Å². The van der Waals surface area contributed by atoms with E-state index in [0.717, 1.165) is 34.4 Å². The highest BCUT2D eigenvalue weighted by Gasteiger charge is 2.19. The molecule has 39 heavy (non-hydrogen) atoms. The lowest BCUT2D eigenvalue weighted by atomic mass is 9.95. The van der Waals surface area contributed by atoms with Gasteiger partial charge in [0, 0.05) is 24.2 Å². The molecule has 0 aromatic heterocycles. The summed E-state index contributed by atoms with van der Waals surface area (Å²) < 4.78 is 50.3. The zero-order chi connectivity index (χ0) is 28.6. The maximum absolute atomic E-state index is 12.7. The van der Waals surface area contributed by atoms with E-state index in [4.69, 9.17) is 18.9 Å². The minimum Gasteiger partial charge on any atom is -0.504 e. The Morgan fingerprint density at radius 2 is 1.69 bits per heavy atom. The first-order valence-corrected chi connectivity index (χ1v) is 13.6. The van der Waals surface area contributed by atoms with Crippen LogP contribution in [-0.2, 0) is 21.2 Å².